The average molecular weight is 315 g/mol. The molecule has 21 heavy (non-hydrogen) atoms. The molecule has 0 bridgehead atoms. The highest BCUT2D eigenvalue weighted by Crippen LogP contribution is 2.34. The third-order valence-corrected chi connectivity index (χ3v) is 4.63. The van der Waals surface area contributed by atoms with Gasteiger partial charge in [0, 0.05) is 12.6 Å². The van der Waals surface area contributed by atoms with Crippen molar-refractivity contribution in [3.05, 3.63) is 23.8 Å². The Kier molecular flexibility index (Phi) is 3.79. The van der Waals surface area contributed by atoms with Crippen LogP contribution in [0.3, 0.4) is 0 Å². The second-order valence-electron chi connectivity index (χ2n) is 5.45. The fraction of sp³-hybridized carbons (Fsp3) is 0.500. The third-order valence-electron chi connectivity index (χ3n) is 3.67. The number of fused-ring (bicyclic) bond motifs is 1. The molecule has 1 atom stereocenters. The minimum atomic E-state index is -4.32. The minimum absolute atomic E-state index is 0.311. The summed E-state index contributed by atoms with van der Waals surface area (Å²) < 4.78 is 38.9. The number of halogens is 3. The molecule has 3 rings (SSSR count). The van der Waals surface area contributed by atoms with E-state index in [0.29, 0.717) is 16.7 Å². The number of anilines is 1. The number of likely N-dealkylation sites (N-methyl/N-ethyl adjacent to an activating group) is 1. The van der Waals surface area contributed by atoms with Gasteiger partial charge in [-0.1, -0.05) is 11.3 Å². The molecular weight excluding hydrogens is 299 g/mol. The molecule has 3 nitrogen and oxygen atoms in total. The van der Waals surface area contributed by atoms with Gasteiger partial charge in [0.25, 0.3) is 0 Å². The Hall–Kier alpha value is -1.34. The summed E-state index contributed by atoms with van der Waals surface area (Å²) in [4.78, 5) is 6.54. The van der Waals surface area contributed by atoms with E-state index in [4.69, 9.17) is 0 Å². The first kappa shape index (κ1) is 14.6. The van der Waals surface area contributed by atoms with Gasteiger partial charge in [-0.2, -0.15) is 13.2 Å². The highest BCUT2D eigenvalue weighted by molar-refractivity contribution is 7.22. The first-order valence-electron chi connectivity index (χ1n) is 6.85. The Morgan fingerprint density at radius 3 is 2.90 bits per heavy atom. The Morgan fingerprint density at radius 1 is 1.38 bits per heavy atom. The number of nitrogens with one attached hydrogen (secondary N) is 1. The van der Waals surface area contributed by atoms with Crippen molar-refractivity contribution < 1.29 is 13.2 Å². The van der Waals surface area contributed by atoms with Gasteiger partial charge >= 0.3 is 6.18 Å². The van der Waals surface area contributed by atoms with E-state index in [1.807, 2.05) is 0 Å². The average Bonchev–Trinajstić information content (AvgIpc) is 2.78. The van der Waals surface area contributed by atoms with E-state index in [2.05, 4.69) is 22.2 Å². The van der Waals surface area contributed by atoms with Crippen LogP contribution in [-0.2, 0) is 6.18 Å². The molecule has 1 aromatic carbocycles. The fourth-order valence-corrected chi connectivity index (χ4v) is 3.55. The lowest BCUT2D eigenvalue weighted by molar-refractivity contribution is -0.137. The van der Waals surface area contributed by atoms with Crippen LogP contribution in [0.1, 0.15) is 18.4 Å². The van der Waals surface area contributed by atoms with Crippen molar-refractivity contribution in [2.24, 2.45) is 0 Å². The molecule has 7 heteroatoms. The molecule has 2 heterocycles. The molecule has 1 aliphatic heterocycles. The van der Waals surface area contributed by atoms with E-state index in [1.165, 1.54) is 17.4 Å². The summed E-state index contributed by atoms with van der Waals surface area (Å²) in [5.41, 5.74) is -0.245. The van der Waals surface area contributed by atoms with Gasteiger partial charge in [-0.3, -0.25) is 0 Å². The number of likely N-dealkylation sites (tertiary alicyclic amines) is 1. The Morgan fingerprint density at radius 2 is 2.19 bits per heavy atom. The Labute approximate surface area is 124 Å². The molecule has 0 radical (unpaired) electrons. The number of hydrogen-bond donors (Lipinski definition) is 1. The SMILES string of the molecule is CN1CCCC(Nc2nc3cc(C(F)(F)F)ccc3s2)C1. The van der Waals surface area contributed by atoms with Gasteiger partial charge in [0.1, 0.15) is 0 Å². The van der Waals surface area contributed by atoms with Crippen LogP contribution in [0.2, 0.25) is 0 Å². The van der Waals surface area contributed by atoms with Crippen molar-refractivity contribution in [2.75, 3.05) is 25.5 Å². The van der Waals surface area contributed by atoms with Crippen molar-refractivity contribution in [3.8, 4) is 0 Å². The van der Waals surface area contributed by atoms with E-state index in [0.717, 1.165) is 42.8 Å². The maximum atomic E-state index is 12.7. The molecule has 0 aliphatic carbocycles. The summed E-state index contributed by atoms with van der Waals surface area (Å²) >= 11 is 1.40. The van der Waals surface area contributed by atoms with Crippen molar-refractivity contribution in [3.63, 3.8) is 0 Å². The van der Waals surface area contributed by atoms with E-state index >= 15 is 0 Å². The van der Waals surface area contributed by atoms with Gasteiger partial charge in [-0.25, -0.2) is 4.98 Å². The van der Waals surface area contributed by atoms with E-state index in [-0.39, 0.29) is 0 Å². The lowest BCUT2D eigenvalue weighted by atomic mass is 10.1. The van der Waals surface area contributed by atoms with Crippen molar-refractivity contribution in [1.82, 2.24) is 9.88 Å². The maximum Gasteiger partial charge on any atom is 0.416 e. The van der Waals surface area contributed by atoms with Gasteiger partial charge < -0.3 is 10.2 Å². The molecule has 1 N–H and O–H groups in total. The molecule has 0 amide bonds. The Bertz CT molecular complexity index is 638. The molecule has 1 aromatic heterocycles. The number of alkyl halides is 3. The molecule has 1 saturated heterocycles. The molecule has 0 spiro atoms. The van der Waals surface area contributed by atoms with E-state index < -0.39 is 11.7 Å². The predicted octanol–water partition coefficient (Wildman–Crippen LogP) is 3.82. The highest BCUT2D eigenvalue weighted by atomic mass is 32.1. The van der Waals surface area contributed by atoms with E-state index in [9.17, 15) is 13.2 Å². The van der Waals surface area contributed by atoms with Crippen molar-refractivity contribution >= 4 is 26.7 Å². The lowest BCUT2D eigenvalue weighted by Gasteiger charge is -2.29. The smallest absolute Gasteiger partial charge is 0.357 e. The summed E-state index contributed by atoms with van der Waals surface area (Å²) in [6.45, 7) is 2.02. The first-order chi connectivity index (χ1) is 9.91. The lowest BCUT2D eigenvalue weighted by Crippen LogP contribution is -2.39. The zero-order chi connectivity index (χ0) is 15.0. The Balaban J connectivity index is 1.81. The number of piperidine rings is 1. The summed E-state index contributed by atoms with van der Waals surface area (Å²) in [7, 11) is 2.07. The quantitative estimate of drug-likeness (QED) is 0.913. The van der Waals surface area contributed by atoms with Crippen molar-refractivity contribution in [2.45, 2.75) is 25.1 Å². The van der Waals surface area contributed by atoms with Crippen LogP contribution in [0.5, 0.6) is 0 Å². The van der Waals surface area contributed by atoms with Crippen molar-refractivity contribution in [1.29, 1.82) is 0 Å². The van der Waals surface area contributed by atoms with E-state index in [1.54, 1.807) is 0 Å². The highest BCUT2D eigenvalue weighted by Gasteiger charge is 2.30. The third kappa shape index (κ3) is 3.29. The van der Waals surface area contributed by atoms with Crippen LogP contribution < -0.4 is 5.32 Å². The maximum absolute atomic E-state index is 12.7. The van der Waals surface area contributed by atoms with Gasteiger partial charge in [0.2, 0.25) is 0 Å². The second kappa shape index (κ2) is 5.46. The van der Waals surface area contributed by atoms with Gasteiger partial charge in [0.05, 0.1) is 15.8 Å². The summed E-state index contributed by atoms with van der Waals surface area (Å²) in [6, 6.07) is 4.03. The topological polar surface area (TPSA) is 28.2 Å². The van der Waals surface area contributed by atoms with Crippen LogP contribution in [0, 0.1) is 0 Å². The van der Waals surface area contributed by atoms with Crippen LogP contribution >= 0.6 is 11.3 Å². The molecule has 1 fully saturated rings. The van der Waals surface area contributed by atoms with Gasteiger partial charge in [-0.15, -0.1) is 0 Å². The number of nitrogens with zero attached hydrogens (tertiary/aromatic N) is 2. The molecule has 114 valence electrons. The molecule has 1 aliphatic rings. The number of rotatable bonds is 2. The monoisotopic (exact) mass is 315 g/mol. The van der Waals surface area contributed by atoms with Crippen LogP contribution in [0.15, 0.2) is 18.2 Å². The van der Waals surface area contributed by atoms with Gasteiger partial charge in [0.15, 0.2) is 5.13 Å². The van der Waals surface area contributed by atoms with Gasteiger partial charge in [-0.05, 0) is 44.6 Å². The first-order valence-corrected chi connectivity index (χ1v) is 7.66. The molecule has 1 unspecified atom stereocenters. The zero-order valence-electron chi connectivity index (χ0n) is 11.6. The number of hydrogen-bond acceptors (Lipinski definition) is 4. The standard InChI is InChI=1S/C14H16F3N3S/c1-20-6-2-3-10(8-20)18-13-19-11-7-9(14(15,16)17)4-5-12(11)21-13/h4-5,7,10H,2-3,6,8H2,1H3,(H,18,19). The zero-order valence-corrected chi connectivity index (χ0v) is 12.4. The molecular formula is C14H16F3N3S. The fourth-order valence-electron chi connectivity index (χ4n) is 2.62. The predicted molar refractivity (Wildman–Crippen MR) is 78.8 cm³/mol. The number of thiazole rings is 1. The van der Waals surface area contributed by atoms with Crippen LogP contribution in [0.25, 0.3) is 10.2 Å². The summed E-state index contributed by atoms with van der Waals surface area (Å²) in [5, 5.41) is 4.04. The second-order valence-corrected chi connectivity index (χ2v) is 6.48. The van der Waals surface area contributed by atoms with Crippen LogP contribution in [-0.4, -0.2) is 36.1 Å². The largest absolute Gasteiger partial charge is 0.416 e. The summed E-state index contributed by atoms with van der Waals surface area (Å²) in [6.07, 6.45) is -2.14. The summed E-state index contributed by atoms with van der Waals surface area (Å²) in [5.74, 6) is 0. The minimum Gasteiger partial charge on any atom is -0.357 e. The van der Waals surface area contributed by atoms with Crippen LogP contribution in [0.4, 0.5) is 18.3 Å². The number of benzene rings is 1. The molecule has 2 aromatic rings. The molecule has 0 saturated carbocycles. The normalized spacial score (nSPS) is 20.9. The number of aromatic nitrogens is 1.